The zero-order valence-corrected chi connectivity index (χ0v) is 21.3. The molecule has 192 valence electrons. The van der Waals surface area contributed by atoms with Crippen molar-refractivity contribution < 1.29 is 22.3 Å². The number of benzene rings is 3. The summed E-state index contributed by atoms with van der Waals surface area (Å²) in [7, 11) is -2.08. The molecule has 1 aliphatic heterocycles. The lowest BCUT2D eigenvalue weighted by molar-refractivity contribution is -0.132. The maximum atomic E-state index is 13.3. The van der Waals surface area contributed by atoms with Gasteiger partial charge in [0.05, 0.1) is 23.4 Å². The molecule has 9 heteroatoms. The topological polar surface area (TPSA) is 71.8 Å². The second kappa shape index (κ2) is 10.3. The number of rotatable bonds is 7. The number of halogens is 1. The van der Waals surface area contributed by atoms with E-state index in [0.717, 1.165) is 11.4 Å². The number of carbonyl (C=O) groups is 1. The van der Waals surface area contributed by atoms with Gasteiger partial charge in [-0.1, -0.05) is 42.5 Å². The largest absolute Gasteiger partial charge is 0.495 e. The highest BCUT2D eigenvalue weighted by Gasteiger charge is 2.26. The first-order valence-electron chi connectivity index (χ1n) is 12.1. The summed E-state index contributed by atoms with van der Waals surface area (Å²) < 4.78 is 47.1. The zero-order valence-electron chi connectivity index (χ0n) is 20.5. The lowest BCUT2D eigenvalue weighted by Gasteiger charge is -2.36. The maximum Gasteiger partial charge on any atom is 0.242 e. The van der Waals surface area contributed by atoms with Crippen LogP contribution in [-0.2, 0) is 26.9 Å². The Morgan fingerprint density at radius 2 is 1.59 bits per heavy atom. The van der Waals surface area contributed by atoms with Gasteiger partial charge in [0.25, 0.3) is 0 Å². The highest BCUT2D eigenvalue weighted by molar-refractivity contribution is 7.90. The molecular weight excluding hydrogens is 493 g/mol. The minimum atomic E-state index is -3.72. The molecular formula is C28H28FN3O4S. The number of para-hydroxylation sites is 3. The molecule has 0 spiro atoms. The smallest absolute Gasteiger partial charge is 0.242 e. The van der Waals surface area contributed by atoms with Gasteiger partial charge in [-0.3, -0.25) is 4.79 Å². The molecule has 5 rings (SSSR count). The molecule has 3 aromatic carbocycles. The monoisotopic (exact) mass is 521 g/mol. The fourth-order valence-corrected chi connectivity index (χ4v) is 6.39. The van der Waals surface area contributed by atoms with Crippen molar-refractivity contribution >= 4 is 32.3 Å². The van der Waals surface area contributed by atoms with Crippen LogP contribution in [0.15, 0.2) is 83.9 Å². The number of amides is 1. The molecule has 0 atom stereocenters. The Kier molecular flexibility index (Phi) is 6.88. The van der Waals surface area contributed by atoms with E-state index in [2.05, 4.69) is 4.90 Å². The number of aromatic nitrogens is 1. The molecule has 0 unspecified atom stereocenters. The van der Waals surface area contributed by atoms with Crippen molar-refractivity contribution in [2.45, 2.75) is 17.2 Å². The minimum Gasteiger partial charge on any atom is -0.495 e. The van der Waals surface area contributed by atoms with Crippen molar-refractivity contribution in [3.8, 4) is 5.75 Å². The second-order valence-corrected chi connectivity index (χ2v) is 11.0. The molecule has 2 heterocycles. The Morgan fingerprint density at radius 3 is 2.32 bits per heavy atom. The first-order valence-corrected chi connectivity index (χ1v) is 13.7. The van der Waals surface area contributed by atoms with Crippen molar-refractivity contribution in [1.29, 1.82) is 0 Å². The van der Waals surface area contributed by atoms with E-state index in [1.54, 1.807) is 30.0 Å². The molecule has 0 N–H and O–H groups in total. The number of anilines is 1. The van der Waals surface area contributed by atoms with Crippen LogP contribution in [0.4, 0.5) is 10.1 Å². The van der Waals surface area contributed by atoms with Gasteiger partial charge in [-0.05, 0) is 35.9 Å². The van der Waals surface area contributed by atoms with E-state index < -0.39 is 15.7 Å². The molecule has 7 nitrogen and oxygen atoms in total. The lowest BCUT2D eigenvalue weighted by atomic mass is 10.2. The summed E-state index contributed by atoms with van der Waals surface area (Å²) in [5.74, 6) is 0.0681. The number of hydrogen-bond acceptors (Lipinski definition) is 5. The number of carbonyl (C=O) groups excluding carboxylic acids is 1. The van der Waals surface area contributed by atoms with Crippen LogP contribution in [0, 0.1) is 5.82 Å². The Hall–Kier alpha value is -3.85. The standard InChI is InChI=1S/C28H28FN3O4S/c1-36-26-9-5-4-8-25(26)30-14-16-31(17-15-30)28(33)19-32-18-27(23-6-2-3-7-24(23)32)37(34,35)20-21-10-12-22(29)13-11-21/h2-13,18H,14-17,19-20H2,1H3. The Morgan fingerprint density at radius 1 is 0.919 bits per heavy atom. The number of hydrogen-bond donors (Lipinski definition) is 0. The summed E-state index contributed by atoms with van der Waals surface area (Å²) in [5, 5.41) is 0.568. The fraction of sp³-hybridized carbons (Fsp3) is 0.250. The highest BCUT2D eigenvalue weighted by Crippen LogP contribution is 2.30. The van der Waals surface area contributed by atoms with Crippen molar-refractivity contribution in [1.82, 2.24) is 9.47 Å². The van der Waals surface area contributed by atoms with E-state index in [0.29, 0.717) is 42.6 Å². The SMILES string of the molecule is COc1ccccc1N1CCN(C(=O)Cn2cc(S(=O)(=O)Cc3ccc(F)cc3)c3ccccc32)CC1. The zero-order chi connectivity index (χ0) is 26.0. The number of sulfone groups is 1. The van der Waals surface area contributed by atoms with E-state index in [9.17, 15) is 17.6 Å². The number of piperazine rings is 1. The molecule has 1 amide bonds. The Bertz CT molecular complexity index is 1520. The maximum absolute atomic E-state index is 13.3. The third-order valence-electron chi connectivity index (χ3n) is 6.72. The van der Waals surface area contributed by atoms with Gasteiger partial charge in [-0.25, -0.2) is 12.8 Å². The molecule has 4 aromatic rings. The van der Waals surface area contributed by atoms with Gasteiger partial charge in [0.2, 0.25) is 5.91 Å². The van der Waals surface area contributed by atoms with Crippen LogP contribution in [0.5, 0.6) is 5.75 Å². The molecule has 37 heavy (non-hydrogen) atoms. The van der Waals surface area contributed by atoms with Crippen LogP contribution in [-0.4, -0.2) is 57.1 Å². The second-order valence-electron chi connectivity index (χ2n) is 9.06. The van der Waals surface area contributed by atoms with Gasteiger partial charge in [-0.15, -0.1) is 0 Å². The third-order valence-corrected chi connectivity index (χ3v) is 8.43. The number of fused-ring (bicyclic) bond motifs is 1. The van der Waals surface area contributed by atoms with Crippen LogP contribution in [0.25, 0.3) is 10.9 Å². The Labute approximate surface area is 215 Å². The fourth-order valence-electron chi connectivity index (χ4n) is 4.80. The molecule has 1 aromatic heterocycles. The van der Waals surface area contributed by atoms with Gasteiger partial charge in [-0.2, -0.15) is 0 Å². The normalized spacial score (nSPS) is 14.2. The molecule has 1 aliphatic rings. The summed E-state index contributed by atoms with van der Waals surface area (Å²) >= 11 is 0. The van der Waals surface area contributed by atoms with Crippen molar-refractivity contribution in [2.75, 3.05) is 38.2 Å². The van der Waals surface area contributed by atoms with E-state index in [4.69, 9.17) is 4.74 Å². The summed E-state index contributed by atoms with van der Waals surface area (Å²) in [6.07, 6.45) is 1.55. The Balaban J connectivity index is 1.33. The quantitative estimate of drug-likeness (QED) is 0.366. The summed E-state index contributed by atoms with van der Waals surface area (Å²) in [4.78, 5) is 17.4. The molecule has 0 aliphatic carbocycles. The molecule has 0 bridgehead atoms. The first kappa shape index (κ1) is 24.8. The molecule has 0 radical (unpaired) electrons. The predicted molar refractivity (Wildman–Crippen MR) is 141 cm³/mol. The van der Waals surface area contributed by atoms with E-state index in [1.807, 2.05) is 41.3 Å². The predicted octanol–water partition coefficient (Wildman–Crippen LogP) is 4.11. The first-order chi connectivity index (χ1) is 17.9. The van der Waals surface area contributed by atoms with E-state index >= 15 is 0 Å². The molecule has 1 saturated heterocycles. The van der Waals surface area contributed by atoms with Crippen LogP contribution in [0.3, 0.4) is 0 Å². The van der Waals surface area contributed by atoms with Gasteiger partial charge in [0, 0.05) is 43.3 Å². The van der Waals surface area contributed by atoms with Crippen molar-refractivity contribution in [3.63, 3.8) is 0 Å². The summed E-state index contributed by atoms with van der Waals surface area (Å²) in [6, 6.07) is 20.4. The van der Waals surface area contributed by atoms with Crippen LogP contribution < -0.4 is 9.64 Å². The highest BCUT2D eigenvalue weighted by atomic mass is 32.2. The minimum absolute atomic E-state index is 0.0429. The van der Waals surface area contributed by atoms with Gasteiger partial charge in [0.1, 0.15) is 18.1 Å². The van der Waals surface area contributed by atoms with Gasteiger partial charge in [0.15, 0.2) is 9.84 Å². The number of nitrogens with zero attached hydrogens (tertiary/aromatic N) is 3. The average Bonchev–Trinajstić information content (AvgIpc) is 3.29. The number of methoxy groups -OCH3 is 1. The van der Waals surface area contributed by atoms with Gasteiger partial charge < -0.3 is 19.1 Å². The number of ether oxygens (including phenoxy) is 1. The average molecular weight is 522 g/mol. The molecule has 0 saturated carbocycles. The van der Waals surface area contributed by atoms with E-state index in [-0.39, 0.29) is 23.1 Å². The summed E-state index contributed by atoms with van der Waals surface area (Å²) in [5.41, 5.74) is 2.19. The van der Waals surface area contributed by atoms with Crippen molar-refractivity contribution in [3.05, 3.63) is 90.4 Å². The van der Waals surface area contributed by atoms with Crippen molar-refractivity contribution in [2.24, 2.45) is 0 Å². The van der Waals surface area contributed by atoms with Crippen LogP contribution in [0.2, 0.25) is 0 Å². The van der Waals surface area contributed by atoms with Gasteiger partial charge >= 0.3 is 0 Å². The lowest BCUT2D eigenvalue weighted by Crippen LogP contribution is -2.49. The third kappa shape index (κ3) is 5.17. The summed E-state index contributed by atoms with van der Waals surface area (Å²) in [6.45, 7) is 2.52. The van der Waals surface area contributed by atoms with Crippen LogP contribution >= 0.6 is 0 Å². The van der Waals surface area contributed by atoms with E-state index in [1.165, 1.54) is 24.3 Å². The van der Waals surface area contributed by atoms with Crippen LogP contribution in [0.1, 0.15) is 5.56 Å². The molecule has 1 fully saturated rings.